The van der Waals surface area contributed by atoms with Gasteiger partial charge in [-0.1, -0.05) is 13.8 Å². The Morgan fingerprint density at radius 3 is 2.52 bits per heavy atom. The van der Waals surface area contributed by atoms with Crippen molar-refractivity contribution in [1.29, 1.82) is 0 Å². The van der Waals surface area contributed by atoms with Crippen molar-refractivity contribution in [3.8, 4) is 0 Å². The third-order valence-corrected chi connectivity index (χ3v) is 4.72. The van der Waals surface area contributed by atoms with Gasteiger partial charge >= 0.3 is 5.97 Å². The number of rotatable bonds is 5. The van der Waals surface area contributed by atoms with Crippen molar-refractivity contribution in [3.63, 3.8) is 0 Å². The van der Waals surface area contributed by atoms with Gasteiger partial charge in [-0.3, -0.25) is 14.5 Å². The third kappa shape index (κ3) is 3.95. The van der Waals surface area contributed by atoms with E-state index in [2.05, 4.69) is 6.92 Å². The zero-order valence-electron chi connectivity index (χ0n) is 13.0. The molecule has 2 fully saturated rings. The number of piperidine rings is 1. The Morgan fingerprint density at radius 2 is 1.95 bits per heavy atom. The zero-order valence-corrected chi connectivity index (χ0v) is 13.0. The van der Waals surface area contributed by atoms with Crippen LogP contribution in [0.4, 0.5) is 0 Å². The van der Waals surface area contributed by atoms with E-state index >= 15 is 0 Å². The van der Waals surface area contributed by atoms with E-state index in [4.69, 9.17) is 4.74 Å². The lowest BCUT2D eigenvalue weighted by Crippen LogP contribution is -2.49. The van der Waals surface area contributed by atoms with Crippen LogP contribution in [0.25, 0.3) is 0 Å². The summed E-state index contributed by atoms with van der Waals surface area (Å²) in [6, 6.07) is -0.194. The van der Waals surface area contributed by atoms with Gasteiger partial charge in [0.05, 0.1) is 25.7 Å². The SMILES string of the molecule is CCN(CC(=O)N1CCC(C)CC1)C1COCC1C(=O)O. The summed E-state index contributed by atoms with van der Waals surface area (Å²) in [7, 11) is 0. The molecular formula is C15H26N2O4. The highest BCUT2D eigenvalue weighted by Crippen LogP contribution is 2.21. The molecule has 0 bridgehead atoms. The average Bonchev–Trinajstić information content (AvgIpc) is 2.94. The number of ether oxygens (including phenoxy) is 1. The van der Waals surface area contributed by atoms with Crippen LogP contribution < -0.4 is 0 Å². The summed E-state index contributed by atoms with van der Waals surface area (Å²) in [6.45, 7) is 7.41. The van der Waals surface area contributed by atoms with E-state index in [1.807, 2.05) is 16.7 Å². The molecule has 0 saturated carbocycles. The maximum absolute atomic E-state index is 12.4. The molecule has 2 saturated heterocycles. The Balaban J connectivity index is 1.92. The first-order valence-electron chi connectivity index (χ1n) is 7.85. The number of likely N-dealkylation sites (tertiary alicyclic amines) is 1. The lowest BCUT2D eigenvalue weighted by molar-refractivity contribution is -0.144. The number of amides is 1. The number of carbonyl (C=O) groups excluding carboxylic acids is 1. The molecule has 0 aromatic carbocycles. The summed E-state index contributed by atoms with van der Waals surface area (Å²) >= 11 is 0. The molecule has 0 radical (unpaired) electrons. The second kappa shape index (κ2) is 7.22. The predicted octanol–water partition coefficient (Wildman–Crippen LogP) is 0.666. The number of aliphatic carboxylic acids is 1. The molecule has 0 aromatic rings. The average molecular weight is 298 g/mol. The van der Waals surface area contributed by atoms with E-state index in [0.717, 1.165) is 25.9 Å². The molecule has 21 heavy (non-hydrogen) atoms. The third-order valence-electron chi connectivity index (χ3n) is 4.72. The number of hydrogen-bond donors (Lipinski definition) is 1. The largest absolute Gasteiger partial charge is 0.481 e. The Kier molecular flexibility index (Phi) is 5.58. The van der Waals surface area contributed by atoms with Gasteiger partial charge in [0.15, 0.2) is 0 Å². The molecule has 2 aliphatic rings. The number of carboxylic acids is 1. The fourth-order valence-electron chi connectivity index (χ4n) is 3.13. The minimum atomic E-state index is -0.838. The number of likely N-dealkylation sites (N-methyl/N-ethyl adjacent to an activating group) is 1. The Morgan fingerprint density at radius 1 is 1.29 bits per heavy atom. The minimum Gasteiger partial charge on any atom is -0.481 e. The van der Waals surface area contributed by atoms with Crippen LogP contribution in [0.3, 0.4) is 0 Å². The molecular weight excluding hydrogens is 272 g/mol. The van der Waals surface area contributed by atoms with Crippen LogP contribution in [0.2, 0.25) is 0 Å². The van der Waals surface area contributed by atoms with E-state index in [0.29, 0.717) is 25.6 Å². The van der Waals surface area contributed by atoms with E-state index in [1.165, 1.54) is 0 Å². The Hall–Kier alpha value is -1.14. The molecule has 2 rings (SSSR count). The van der Waals surface area contributed by atoms with Crippen molar-refractivity contribution < 1.29 is 19.4 Å². The molecule has 0 aliphatic carbocycles. The topological polar surface area (TPSA) is 70.1 Å². The number of carboxylic acid groups (broad SMARTS) is 1. The minimum absolute atomic E-state index is 0.111. The van der Waals surface area contributed by atoms with Crippen LogP contribution in [0.5, 0.6) is 0 Å². The fraction of sp³-hybridized carbons (Fsp3) is 0.867. The summed E-state index contributed by atoms with van der Waals surface area (Å²) in [4.78, 5) is 27.5. The summed E-state index contributed by atoms with van der Waals surface area (Å²) in [5, 5.41) is 9.24. The zero-order chi connectivity index (χ0) is 15.4. The molecule has 1 amide bonds. The van der Waals surface area contributed by atoms with E-state index < -0.39 is 11.9 Å². The molecule has 2 unspecified atom stereocenters. The van der Waals surface area contributed by atoms with Crippen molar-refractivity contribution in [1.82, 2.24) is 9.80 Å². The highest BCUT2D eigenvalue weighted by molar-refractivity contribution is 5.78. The quantitative estimate of drug-likeness (QED) is 0.808. The van der Waals surface area contributed by atoms with Crippen LogP contribution in [-0.4, -0.2) is 72.2 Å². The maximum atomic E-state index is 12.4. The van der Waals surface area contributed by atoms with Crippen molar-refractivity contribution in [3.05, 3.63) is 0 Å². The maximum Gasteiger partial charge on any atom is 0.310 e. The molecule has 0 aromatic heterocycles. The highest BCUT2D eigenvalue weighted by Gasteiger charge is 2.38. The Bertz CT molecular complexity index is 380. The van der Waals surface area contributed by atoms with Gasteiger partial charge in [-0.25, -0.2) is 0 Å². The van der Waals surface area contributed by atoms with Crippen LogP contribution >= 0.6 is 0 Å². The lowest BCUT2D eigenvalue weighted by atomic mass is 9.99. The van der Waals surface area contributed by atoms with Gasteiger partial charge in [-0.15, -0.1) is 0 Å². The van der Waals surface area contributed by atoms with E-state index in [-0.39, 0.29) is 18.6 Å². The standard InChI is InChI=1S/C15H26N2O4/c1-3-16(13-10-21-9-12(13)15(19)20)8-14(18)17-6-4-11(2)5-7-17/h11-13H,3-10H2,1-2H3,(H,19,20). The molecule has 6 heteroatoms. The molecule has 2 aliphatic heterocycles. The van der Waals surface area contributed by atoms with E-state index in [9.17, 15) is 14.7 Å². The lowest BCUT2D eigenvalue weighted by Gasteiger charge is -2.34. The fourth-order valence-corrected chi connectivity index (χ4v) is 3.13. The van der Waals surface area contributed by atoms with Crippen LogP contribution in [0.1, 0.15) is 26.7 Å². The van der Waals surface area contributed by atoms with Gasteiger partial charge in [0.1, 0.15) is 0 Å². The first-order chi connectivity index (χ1) is 10.0. The van der Waals surface area contributed by atoms with Crippen molar-refractivity contribution in [2.45, 2.75) is 32.7 Å². The van der Waals surface area contributed by atoms with Crippen molar-refractivity contribution >= 4 is 11.9 Å². The molecule has 1 N–H and O–H groups in total. The van der Waals surface area contributed by atoms with Crippen LogP contribution in [0.15, 0.2) is 0 Å². The van der Waals surface area contributed by atoms with E-state index in [1.54, 1.807) is 0 Å². The number of nitrogens with zero attached hydrogens (tertiary/aromatic N) is 2. The van der Waals surface area contributed by atoms with Gasteiger partial charge < -0.3 is 14.7 Å². The summed E-state index contributed by atoms with van der Waals surface area (Å²) in [5.74, 6) is -0.565. The first kappa shape index (κ1) is 16.2. The van der Waals surface area contributed by atoms with Gasteiger partial charge in [-0.2, -0.15) is 0 Å². The number of carbonyl (C=O) groups is 2. The van der Waals surface area contributed by atoms with Crippen molar-refractivity contribution in [2.75, 3.05) is 39.4 Å². The van der Waals surface area contributed by atoms with Gasteiger partial charge in [0, 0.05) is 19.1 Å². The molecule has 6 nitrogen and oxygen atoms in total. The molecule has 120 valence electrons. The second-order valence-corrected chi connectivity index (χ2v) is 6.18. The normalized spacial score (nSPS) is 27.3. The van der Waals surface area contributed by atoms with Gasteiger partial charge in [0.25, 0.3) is 0 Å². The monoisotopic (exact) mass is 298 g/mol. The smallest absolute Gasteiger partial charge is 0.310 e. The Labute approximate surface area is 126 Å². The summed E-state index contributed by atoms with van der Waals surface area (Å²) in [5.41, 5.74) is 0. The predicted molar refractivity (Wildman–Crippen MR) is 78.0 cm³/mol. The van der Waals surface area contributed by atoms with Crippen molar-refractivity contribution in [2.24, 2.45) is 11.8 Å². The molecule has 2 heterocycles. The molecule has 2 atom stereocenters. The highest BCUT2D eigenvalue weighted by atomic mass is 16.5. The molecule has 0 spiro atoms. The van der Waals surface area contributed by atoms with Crippen LogP contribution in [0, 0.1) is 11.8 Å². The second-order valence-electron chi connectivity index (χ2n) is 6.18. The van der Waals surface area contributed by atoms with Gasteiger partial charge in [-0.05, 0) is 25.3 Å². The van der Waals surface area contributed by atoms with Crippen LogP contribution in [-0.2, 0) is 14.3 Å². The summed E-state index contributed by atoms with van der Waals surface area (Å²) < 4.78 is 5.31. The number of hydrogen-bond acceptors (Lipinski definition) is 4. The summed E-state index contributed by atoms with van der Waals surface area (Å²) in [6.07, 6.45) is 2.12. The van der Waals surface area contributed by atoms with Gasteiger partial charge in [0.2, 0.25) is 5.91 Å². The first-order valence-corrected chi connectivity index (χ1v) is 7.85.